The Morgan fingerprint density at radius 3 is 2.55 bits per heavy atom. The highest BCUT2D eigenvalue weighted by atomic mass is 16.5. The maximum absolute atomic E-state index is 5.94. The molecule has 2 aromatic rings. The van der Waals surface area contributed by atoms with Gasteiger partial charge in [-0.1, -0.05) is 18.2 Å². The fourth-order valence-electron chi connectivity index (χ4n) is 2.07. The first-order chi connectivity index (χ1) is 9.56. The lowest BCUT2D eigenvalue weighted by Gasteiger charge is -2.14. The molecule has 0 unspecified atom stereocenters. The summed E-state index contributed by atoms with van der Waals surface area (Å²) in [5.41, 5.74) is 10.1. The number of nitrogens with one attached hydrogen (secondary N) is 1. The number of anilines is 2. The fourth-order valence-corrected chi connectivity index (χ4v) is 2.07. The molecule has 20 heavy (non-hydrogen) atoms. The van der Waals surface area contributed by atoms with Crippen molar-refractivity contribution in [2.45, 2.75) is 33.4 Å². The van der Waals surface area contributed by atoms with Gasteiger partial charge in [0.15, 0.2) is 0 Å². The molecule has 0 atom stereocenters. The van der Waals surface area contributed by atoms with E-state index in [1.54, 1.807) is 0 Å². The van der Waals surface area contributed by atoms with Gasteiger partial charge in [0.05, 0.1) is 6.10 Å². The molecule has 3 nitrogen and oxygen atoms in total. The normalized spacial score (nSPS) is 10.6. The molecule has 0 aliphatic heterocycles. The van der Waals surface area contributed by atoms with Crippen LogP contribution in [0.1, 0.15) is 25.0 Å². The summed E-state index contributed by atoms with van der Waals surface area (Å²) in [6.45, 7) is 6.85. The largest absolute Gasteiger partial charge is 0.491 e. The molecule has 0 fully saturated rings. The Morgan fingerprint density at radius 1 is 1.15 bits per heavy atom. The molecule has 2 aromatic carbocycles. The molecule has 0 spiro atoms. The van der Waals surface area contributed by atoms with E-state index < -0.39 is 0 Å². The Labute approximate surface area is 120 Å². The molecule has 0 radical (unpaired) electrons. The molecule has 0 aromatic heterocycles. The van der Waals surface area contributed by atoms with Crippen molar-refractivity contribution in [2.24, 2.45) is 0 Å². The van der Waals surface area contributed by atoms with Gasteiger partial charge in [-0.15, -0.1) is 0 Å². The highest BCUT2D eigenvalue weighted by molar-refractivity contribution is 5.55. The molecule has 106 valence electrons. The zero-order chi connectivity index (χ0) is 14.5. The van der Waals surface area contributed by atoms with Gasteiger partial charge in [-0.3, -0.25) is 0 Å². The van der Waals surface area contributed by atoms with E-state index in [0.29, 0.717) is 0 Å². The third-order valence-corrected chi connectivity index (χ3v) is 3.09. The second-order valence-corrected chi connectivity index (χ2v) is 5.20. The lowest BCUT2D eigenvalue weighted by atomic mass is 10.1. The smallest absolute Gasteiger partial charge is 0.120 e. The minimum absolute atomic E-state index is 0.192. The molecule has 0 bridgehead atoms. The van der Waals surface area contributed by atoms with Gasteiger partial charge in [0.2, 0.25) is 0 Å². The van der Waals surface area contributed by atoms with Crippen LogP contribution in [0.15, 0.2) is 42.5 Å². The van der Waals surface area contributed by atoms with Crippen molar-refractivity contribution in [3.05, 3.63) is 53.6 Å². The third-order valence-electron chi connectivity index (χ3n) is 3.09. The molecule has 0 aliphatic carbocycles. The molecular weight excluding hydrogens is 248 g/mol. The predicted octanol–water partition coefficient (Wildman–Crippen LogP) is 3.98. The molecule has 0 amide bonds. The number of aryl methyl sites for hydroxylation is 1. The monoisotopic (exact) mass is 270 g/mol. The van der Waals surface area contributed by atoms with Crippen molar-refractivity contribution < 1.29 is 4.74 Å². The molecule has 0 heterocycles. The van der Waals surface area contributed by atoms with Gasteiger partial charge in [-0.2, -0.15) is 0 Å². The van der Waals surface area contributed by atoms with Gasteiger partial charge >= 0.3 is 0 Å². The summed E-state index contributed by atoms with van der Waals surface area (Å²) in [5.74, 6) is 0.905. The summed E-state index contributed by atoms with van der Waals surface area (Å²) < 4.78 is 5.68. The molecular formula is C17H22N2O. The summed E-state index contributed by atoms with van der Waals surface area (Å²) in [4.78, 5) is 0. The van der Waals surface area contributed by atoms with E-state index in [2.05, 4.69) is 18.3 Å². The van der Waals surface area contributed by atoms with Crippen molar-refractivity contribution in [3.63, 3.8) is 0 Å². The molecule has 0 saturated carbocycles. The average molecular weight is 270 g/mol. The first-order valence-corrected chi connectivity index (χ1v) is 6.91. The lowest BCUT2D eigenvalue weighted by Crippen LogP contribution is -2.07. The van der Waals surface area contributed by atoms with Gasteiger partial charge < -0.3 is 15.8 Å². The number of hydrogen-bond acceptors (Lipinski definition) is 3. The second kappa shape index (κ2) is 6.33. The van der Waals surface area contributed by atoms with Crippen LogP contribution in [0.25, 0.3) is 0 Å². The first-order valence-electron chi connectivity index (χ1n) is 6.91. The summed E-state index contributed by atoms with van der Waals surface area (Å²) in [7, 11) is 0. The first kappa shape index (κ1) is 14.3. The van der Waals surface area contributed by atoms with E-state index in [1.807, 2.05) is 50.2 Å². The zero-order valence-corrected chi connectivity index (χ0v) is 12.3. The van der Waals surface area contributed by atoms with Crippen molar-refractivity contribution in [2.75, 3.05) is 11.1 Å². The van der Waals surface area contributed by atoms with E-state index in [9.17, 15) is 0 Å². The summed E-state index contributed by atoms with van der Waals surface area (Å²) in [6, 6.07) is 14.0. The maximum Gasteiger partial charge on any atom is 0.120 e. The maximum atomic E-state index is 5.94. The highest BCUT2D eigenvalue weighted by Crippen LogP contribution is 2.23. The summed E-state index contributed by atoms with van der Waals surface area (Å²) in [5, 5.41) is 3.42. The van der Waals surface area contributed by atoms with Crippen molar-refractivity contribution in [3.8, 4) is 5.75 Å². The van der Waals surface area contributed by atoms with Crippen LogP contribution in [0.3, 0.4) is 0 Å². The van der Waals surface area contributed by atoms with E-state index >= 15 is 0 Å². The molecule has 2 rings (SSSR count). The Hall–Kier alpha value is -2.16. The number of hydrogen-bond donors (Lipinski definition) is 2. The van der Waals surface area contributed by atoms with Crippen LogP contribution in [-0.2, 0) is 6.54 Å². The van der Waals surface area contributed by atoms with Crippen molar-refractivity contribution in [1.29, 1.82) is 0 Å². The van der Waals surface area contributed by atoms with Gasteiger partial charge in [0, 0.05) is 17.9 Å². The Kier molecular flexibility index (Phi) is 4.51. The zero-order valence-electron chi connectivity index (χ0n) is 12.3. The minimum Gasteiger partial charge on any atom is -0.491 e. The van der Waals surface area contributed by atoms with Gasteiger partial charge in [-0.05, 0) is 56.2 Å². The van der Waals surface area contributed by atoms with Crippen LogP contribution in [0.5, 0.6) is 5.75 Å². The van der Waals surface area contributed by atoms with Gasteiger partial charge in [0.1, 0.15) is 5.75 Å². The molecule has 3 heteroatoms. The van der Waals surface area contributed by atoms with Crippen molar-refractivity contribution >= 4 is 11.4 Å². The Balaban J connectivity index is 2.05. The minimum atomic E-state index is 0.192. The molecule has 0 saturated heterocycles. The van der Waals surface area contributed by atoms with Crippen LogP contribution in [0.4, 0.5) is 11.4 Å². The van der Waals surface area contributed by atoms with Crippen LogP contribution >= 0.6 is 0 Å². The summed E-state index contributed by atoms with van der Waals surface area (Å²) in [6.07, 6.45) is 0.192. The van der Waals surface area contributed by atoms with Crippen LogP contribution < -0.4 is 15.8 Å². The van der Waals surface area contributed by atoms with Crippen molar-refractivity contribution in [1.82, 2.24) is 0 Å². The Morgan fingerprint density at radius 2 is 1.90 bits per heavy atom. The average Bonchev–Trinajstić information content (AvgIpc) is 2.39. The van der Waals surface area contributed by atoms with Crippen LogP contribution in [0.2, 0.25) is 0 Å². The number of ether oxygens (including phenoxy) is 1. The Bertz CT molecular complexity index is 579. The highest BCUT2D eigenvalue weighted by Gasteiger charge is 2.03. The van der Waals surface area contributed by atoms with E-state index in [-0.39, 0.29) is 6.10 Å². The number of para-hydroxylation sites is 1. The van der Waals surface area contributed by atoms with E-state index in [1.165, 1.54) is 0 Å². The number of rotatable bonds is 5. The van der Waals surface area contributed by atoms with E-state index in [0.717, 1.165) is 34.8 Å². The van der Waals surface area contributed by atoms with Crippen LogP contribution in [0, 0.1) is 6.92 Å². The predicted molar refractivity (Wildman–Crippen MR) is 85.1 cm³/mol. The number of nitrogen functional groups attached to an aromatic ring is 1. The SMILES string of the molecule is Cc1cc(OC(C)C)ccc1NCc1ccccc1N. The second-order valence-electron chi connectivity index (χ2n) is 5.20. The van der Waals surface area contributed by atoms with Gasteiger partial charge in [0.25, 0.3) is 0 Å². The standard InChI is InChI=1S/C17H22N2O/c1-12(2)20-15-8-9-17(13(3)10-15)19-11-14-6-4-5-7-16(14)18/h4-10,12,19H,11,18H2,1-3H3. The van der Waals surface area contributed by atoms with Crippen LogP contribution in [-0.4, -0.2) is 6.10 Å². The van der Waals surface area contributed by atoms with E-state index in [4.69, 9.17) is 10.5 Å². The summed E-state index contributed by atoms with van der Waals surface area (Å²) >= 11 is 0. The quantitative estimate of drug-likeness (QED) is 0.808. The third kappa shape index (κ3) is 3.67. The number of benzene rings is 2. The lowest BCUT2D eigenvalue weighted by molar-refractivity contribution is 0.242. The van der Waals surface area contributed by atoms with Gasteiger partial charge in [-0.25, -0.2) is 0 Å². The molecule has 3 N–H and O–H groups in total. The topological polar surface area (TPSA) is 47.3 Å². The molecule has 0 aliphatic rings. The fraction of sp³-hybridized carbons (Fsp3) is 0.294. The number of nitrogens with two attached hydrogens (primary N) is 1.